The largest absolute Gasteiger partial charge is 0.508 e. The lowest BCUT2D eigenvalue weighted by Gasteiger charge is -2.51. The van der Waals surface area contributed by atoms with Crippen LogP contribution in [0.15, 0.2) is 18.2 Å². The molecule has 0 heterocycles. The van der Waals surface area contributed by atoms with E-state index in [4.69, 9.17) is 0 Å². The molecule has 1 aromatic rings. The number of phenolic OH excluding ortho intramolecular Hbond substituents is 1. The zero-order valence-electron chi connectivity index (χ0n) is 13.0. The second-order valence-corrected chi connectivity index (χ2v) is 7.65. The van der Waals surface area contributed by atoms with Gasteiger partial charge in [0, 0.05) is 6.42 Å². The maximum Gasteiger partial charge on any atom is 0.141 e. The van der Waals surface area contributed by atoms with Crippen LogP contribution in [-0.4, -0.2) is 17.6 Å². The van der Waals surface area contributed by atoms with Crippen LogP contribution in [0.5, 0.6) is 5.75 Å². The third-order valence-electron chi connectivity index (χ3n) is 6.74. The SMILES string of the molecule is C[C@@H]1Cc2cc(O)ccc2[C@H]2CC[C@]3(CF)C(=O)CC[C@H]3[C@H]12. The van der Waals surface area contributed by atoms with E-state index >= 15 is 0 Å². The van der Waals surface area contributed by atoms with Crippen molar-refractivity contribution in [3.63, 3.8) is 0 Å². The third-order valence-corrected chi connectivity index (χ3v) is 6.74. The van der Waals surface area contributed by atoms with Gasteiger partial charge in [0.15, 0.2) is 0 Å². The number of halogens is 1. The zero-order valence-corrected chi connectivity index (χ0v) is 13.0. The molecule has 2 fully saturated rings. The molecule has 2 nitrogen and oxygen atoms in total. The predicted octanol–water partition coefficient (Wildman–Crippen LogP) is 4.01. The predicted molar refractivity (Wildman–Crippen MR) is 82.6 cm³/mol. The monoisotopic (exact) mass is 302 g/mol. The number of fused-ring (bicyclic) bond motifs is 5. The number of carbonyl (C=O) groups excluding carboxylic acids is 1. The smallest absolute Gasteiger partial charge is 0.141 e. The molecule has 0 amide bonds. The summed E-state index contributed by atoms with van der Waals surface area (Å²) in [4.78, 5) is 12.4. The molecule has 5 atom stereocenters. The first-order chi connectivity index (χ1) is 10.6. The van der Waals surface area contributed by atoms with Crippen LogP contribution in [0, 0.1) is 23.2 Å². The molecule has 0 bridgehead atoms. The average Bonchev–Trinajstić information content (AvgIpc) is 2.84. The molecule has 1 N–H and O–H groups in total. The summed E-state index contributed by atoms with van der Waals surface area (Å²) in [7, 11) is 0. The molecule has 2 saturated carbocycles. The van der Waals surface area contributed by atoms with E-state index in [9.17, 15) is 14.3 Å². The van der Waals surface area contributed by atoms with Gasteiger partial charge in [-0.1, -0.05) is 13.0 Å². The summed E-state index contributed by atoms with van der Waals surface area (Å²) in [6.45, 7) is 1.76. The average molecular weight is 302 g/mol. The van der Waals surface area contributed by atoms with Crippen molar-refractivity contribution in [2.75, 3.05) is 6.67 Å². The fraction of sp³-hybridized carbons (Fsp3) is 0.632. The van der Waals surface area contributed by atoms with Gasteiger partial charge in [0.2, 0.25) is 0 Å². The van der Waals surface area contributed by atoms with Gasteiger partial charge in [-0.3, -0.25) is 4.79 Å². The number of hydrogen-bond acceptors (Lipinski definition) is 2. The molecule has 1 aromatic carbocycles. The lowest BCUT2D eigenvalue weighted by molar-refractivity contribution is -0.132. The van der Waals surface area contributed by atoms with Gasteiger partial charge in [0.05, 0.1) is 5.41 Å². The Morgan fingerprint density at radius 3 is 2.95 bits per heavy atom. The summed E-state index contributed by atoms with van der Waals surface area (Å²) in [5.74, 6) is 1.99. The number of benzene rings is 1. The van der Waals surface area contributed by atoms with Gasteiger partial charge in [-0.25, -0.2) is 4.39 Å². The van der Waals surface area contributed by atoms with E-state index in [-0.39, 0.29) is 11.7 Å². The number of ketones is 1. The van der Waals surface area contributed by atoms with E-state index in [0.717, 1.165) is 19.3 Å². The zero-order chi connectivity index (χ0) is 15.5. The quantitative estimate of drug-likeness (QED) is 0.851. The minimum absolute atomic E-state index is 0.169. The summed E-state index contributed by atoms with van der Waals surface area (Å²) in [6.07, 6.45) is 3.95. The Morgan fingerprint density at radius 2 is 2.18 bits per heavy atom. The van der Waals surface area contributed by atoms with Crippen LogP contribution in [-0.2, 0) is 11.2 Å². The lowest BCUT2D eigenvalue weighted by Crippen LogP contribution is -2.48. The van der Waals surface area contributed by atoms with Gasteiger partial charge in [-0.05, 0) is 72.6 Å². The topological polar surface area (TPSA) is 37.3 Å². The molecular weight excluding hydrogens is 279 g/mol. The molecule has 22 heavy (non-hydrogen) atoms. The molecule has 3 aliphatic carbocycles. The number of alkyl halides is 1. The van der Waals surface area contributed by atoms with Gasteiger partial charge in [0.1, 0.15) is 18.2 Å². The second kappa shape index (κ2) is 4.81. The van der Waals surface area contributed by atoms with Crippen LogP contribution in [0.4, 0.5) is 4.39 Å². The highest BCUT2D eigenvalue weighted by Gasteiger charge is 2.58. The highest BCUT2D eigenvalue weighted by Crippen LogP contribution is 2.61. The minimum Gasteiger partial charge on any atom is -0.508 e. The van der Waals surface area contributed by atoms with Crippen molar-refractivity contribution >= 4 is 5.78 Å². The molecule has 3 aliphatic rings. The second-order valence-electron chi connectivity index (χ2n) is 7.65. The van der Waals surface area contributed by atoms with Gasteiger partial charge >= 0.3 is 0 Å². The van der Waals surface area contributed by atoms with Crippen LogP contribution in [0.3, 0.4) is 0 Å². The Morgan fingerprint density at radius 1 is 1.36 bits per heavy atom. The first-order valence-electron chi connectivity index (χ1n) is 8.48. The first kappa shape index (κ1) is 14.2. The first-order valence-corrected chi connectivity index (χ1v) is 8.48. The van der Waals surface area contributed by atoms with Crippen molar-refractivity contribution < 1.29 is 14.3 Å². The van der Waals surface area contributed by atoms with Crippen molar-refractivity contribution in [3.8, 4) is 5.75 Å². The van der Waals surface area contributed by atoms with E-state index in [1.807, 2.05) is 12.1 Å². The normalized spacial score (nSPS) is 40.0. The van der Waals surface area contributed by atoms with E-state index in [0.29, 0.717) is 36.3 Å². The number of Topliss-reactive ketones (excluding diaryl/α,β-unsaturated/α-hetero) is 1. The van der Waals surface area contributed by atoms with Crippen LogP contribution >= 0.6 is 0 Å². The van der Waals surface area contributed by atoms with Crippen molar-refractivity contribution in [2.24, 2.45) is 23.2 Å². The molecule has 0 spiro atoms. The summed E-state index contributed by atoms with van der Waals surface area (Å²) in [6, 6.07) is 5.70. The molecule has 3 heteroatoms. The van der Waals surface area contributed by atoms with E-state index < -0.39 is 12.1 Å². The van der Waals surface area contributed by atoms with Crippen molar-refractivity contribution in [1.29, 1.82) is 0 Å². The standard InChI is InChI=1S/C19H23FO2/c1-11-8-12-9-13(21)2-3-14(12)15-6-7-19(10-20)16(18(11)15)4-5-17(19)22/h2-3,9,11,15-16,18,21H,4-8,10H2,1H3/t11-,15-,16+,18-,19-/m1/s1. The van der Waals surface area contributed by atoms with Crippen LogP contribution in [0.25, 0.3) is 0 Å². The molecule has 118 valence electrons. The van der Waals surface area contributed by atoms with E-state index in [2.05, 4.69) is 6.92 Å². The number of aromatic hydroxyl groups is 1. The van der Waals surface area contributed by atoms with Crippen LogP contribution < -0.4 is 0 Å². The molecule has 0 unspecified atom stereocenters. The summed E-state index contributed by atoms with van der Waals surface area (Å²) in [5.41, 5.74) is 1.89. The third kappa shape index (κ3) is 1.74. The lowest BCUT2D eigenvalue weighted by atomic mass is 9.53. The summed E-state index contributed by atoms with van der Waals surface area (Å²) >= 11 is 0. The molecular formula is C19H23FO2. The fourth-order valence-electron chi connectivity index (χ4n) is 5.80. The Kier molecular flexibility index (Phi) is 3.11. The maximum absolute atomic E-state index is 13.9. The number of phenols is 1. The molecule has 4 rings (SSSR count). The van der Waals surface area contributed by atoms with Crippen molar-refractivity contribution in [2.45, 2.75) is 44.9 Å². The Hall–Kier alpha value is -1.38. The number of rotatable bonds is 1. The van der Waals surface area contributed by atoms with Gasteiger partial charge in [-0.2, -0.15) is 0 Å². The highest BCUT2D eigenvalue weighted by molar-refractivity contribution is 5.87. The van der Waals surface area contributed by atoms with Crippen LogP contribution in [0.2, 0.25) is 0 Å². The number of carbonyl (C=O) groups is 1. The Labute approximate surface area is 130 Å². The van der Waals surface area contributed by atoms with Crippen molar-refractivity contribution in [1.82, 2.24) is 0 Å². The molecule has 0 radical (unpaired) electrons. The maximum atomic E-state index is 13.9. The van der Waals surface area contributed by atoms with Gasteiger partial charge in [0.25, 0.3) is 0 Å². The molecule has 0 saturated heterocycles. The van der Waals surface area contributed by atoms with Gasteiger partial charge < -0.3 is 5.11 Å². The molecule has 0 aliphatic heterocycles. The summed E-state index contributed by atoms with van der Waals surface area (Å²) < 4.78 is 13.9. The summed E-state index contributed by atoms with van der Waals surface area (Å²) in [5, 5.41) is 9.74. The number of hydrogen-bond donors (Lipinski definition) is 1. The van der Waals surface area contributed by atoms with E-state index in [1.165, 1.54) is 11.1 Å². The highest BCUT2D eigenvalue weighted by atomic mass is 19.1. The molecule has 0 aromatic heterocycles. The van der Waals surface area contributed by atoms with E-state index in [1.54, 1.807) is 6.07 Å². The Balaban J connectivity index is 1.77. The fourth-order valence-corrected chi connectivity index (χ4v) is 5.80. The van der Waals surface area contributed by atoms with Gasteiger partial charge in [-0.15, -0.1) is 0 Å². The Bertz CT molecular complexity index is 626. The minimum atomic E-state index is -0.677. The van der Waals surface area contributed by atoms with Crippen LogP contribution in [0.1, 0.15) is 49.7 Å². The van der Waals surface area contributed by atoms with Crippen molar-refractivity contribution in [3.05, 3.63) is 29.3 Å².